The van der Waals surface area contributed by atoms with Crippen molar-refractivity contribution in [3.8, 4) is 0 Å². The molecule has 0 fully saturated rings. The summed E-state index contributed by atoms with van der Waals surface area (Å²) in [6.45, 7) is 9.12. The number of Topliss-reactive ketones (excluding diaryl/α,β-unsaturated/α-hetero) is 1. The van der Waals surface area contributed by atoms with Gasteiger partial charge in [-0.25, -0.2) is 4.98 Å². The van der Waals surface area contributed by atoms with Gasteiger partial charge in [-0.2, -0.15) is 0 Å². The number of carbonyl (C=O) groups is 1. The van der Waals surface area contributed by atoms with Crippen molar-refractivity contribution in [2.24, 2.45) is 0 Å². The highest BCUT2D eigenvalue weighted by Crippen LogP contribution is 2.24. The third-order valence-electron chi connectivity index (χ3n) is 3.03. The minimum Gasteiger partial charge on any atom is -0.347 e. The number of nitrogens with zero attached hydrogens (tertiary/aromatic N) is 2. The van der Waals surface area contributed by atoms with Crippen molar-refractivity contribution in [2.45, 2.75) is 46.1 Å². The second kappa shape index (κ2) is 5.29. The maximum atomic E-state index is 11.6. The van der Waals surface area contributed by atoms with Gasteiger partial charge in [0.2, 0.25) is 0 Å². The van der Waals surface area contributed by atoms with Crippen LogP contribution in [0.15, 0.2) is 23.8 Å². The van der Waals surface area contributed by atoms with Gasteiger partial charge in [0, 0.05) is 35.2 Å². The number of aromatic nitrogens is 2. The number of hydrogen-bond acceptors (Lipinski definition) is 3. The van der Waals surface area contributed by atoms with Crippen molar-refractivity contribution in [1.82, 2.24) is 9.55 Å². The van der Waals surface area contributed by atoms with Crippen molar-refractivity contribution >= 4 is 17.1 Å². The first-order valence-corrected chi connectivity index (χ1v) is 7.42. The predicted octanol–water partition coefficient (Wildman–Crippen LogP) is 3.88. The minimum atomic E-state index is 0.0920. The zero-order valence-corrected chi connectivity index (χ0v) is 12.8. The van der Waals surface area contributed by atoms with Crippen molar-refractivity contribution in [3.63, 3.8) is 0 Å². The lowest BCUT2D eigenvalue weighted by Crippen LogP contribution is -2.11. The molecule has 0 aliphatic rings. The second-order valence-corrected chi connectivity index (χ2v) is 6.67. The summed E-state index contributed by atoms with van der Waals surface area (Å²) in [4.78, 5) is 16.3. The smallest absolute Gasteiger partial charge is 0.164 e. The van der Waals surface area contributed by atoms with Gasteiger partial charge in [0.25, 0.3) is 0 Å². The number of hydrogen-bond donors (Lipinski definition) is 0. The van der Waals surface area contributed by atoms with E-state index in [1.807, 2.05) is 30.0 Å². The zero-order valence-electron chi connectivity index (χ0n) is 11.9. The average molecular weight is 276 g/mol. The molecule has 0 spiro atoms. The van der Waals surface area contributed by atoms with E-state index >= 15 is 0 Å². The molecule has 0 saturated carbocycles. The second-order valence-electron chi connectivity index (χ2n) is 5.73. The molecule has 0 radical (unpaired) electrons. The van der Waals surface area contributed by atoms with Crippen LogP contribution in [0.25, 0.3) is 0 Å². The molecular weight excluding hydrogens is 256 g/mol. The Balaban J connectivity index is 2.11. The fraction of sp³-hybridized carbons (Fsp3) is 0.467. The van der Waals surface area contributed by atoms with Crippen LogP contribution in [0.4, 0.5) is 0 Å². The lowest BCUT2D eigenvalue weighted by atomic mass is 9.93. The first kappa shape index (κ1) is 14.0. The monoisotopic (exact) mass is 276 g/mol. The van der Waals surface area contributed by atoms with Gasteiger partial charge in [-0.3, -0.25) is 4.79 Å². The van der Waals surface area contributed by atoms with E-state index in [0.29, 0.717) is 6.42 Å². The van der Waals surface area contributed by atoms with Crippen LogP contribution < -0.4 is 0 Å². The van der Waals surface area contributed by atoms with Gasteiger partial charge in [-0.1, -0.05) is 27.7 Å². The van der Waals surface area contributed by atoms with Crippen LogP contribution in [0.5, 0.6) is 0 Å². The van der Waals surface area contributed by atoms with E-state index in [1.165, 1.54) is 0 Å². The van der Waals surface area contributed by atoms with E-state index < -0.39 is 0 Å². The van der Waals surface area contributed by atoms with Gasteiger partial charge in [0.1, 0.15) is 5.01 Å². The molecule has 19 heavy (non-hydrogen) atoms. The predicted molar refractivity (Wildman–Crippen MR) is 79.0 cm³/mol. The van der Waals surface area contributed by atoms with Gasteiger partial charge in [-0.05, 0) is 6.07 Å². The molecule has 2 heterocycles. The molecule has 0 amide bonds. The lowest BCUT2D eigenvalue weighted by Gasteiger charge is -2.14. The highest BCUT2D eigenvalue weighted by Gasteiger charge is 2.17. The van der Waals surface area contributed by atoms with Crippen molar-refractivity contribution < 1.29 is 4.79 Å². The first-order chi connectivity index (χ1) is 8.90. The average Bonchev–Trinajstić information content (AvgIpc) is 2.97. The molecule has 2 rings (SSSR count). The van der Waals surface area contributed by atoms with Crippen LogP contribution in [-0.2, 0) is 12.0 Å². The van der Waals surface area contributed by atoms with Crippen molar-refractivity contribution in [1.29, 1.82) is 0 Å². The molecule has 102 valence electrons. The molecule has 0 atom stereocenters. The quantitative estimate of drug-likeness (QED) is 0.794. The summed E-state index contributed by atoms with van der Waals surface area (Å²) in [5.41, 5.74) is 2.01. The third kappa shape index (κ3) is 3.32. The summed E-state index contributed by atoms with van der Waals surface area (Å²) in [5.74, 6) is 0.188. The molecular formula is C15H20N2OS. The maximum absolute atomic E-state index is 11.6. The zero-order chi connectivity index (χ0) is 14.0. The molecule has 0 saturated heterocycles. The number of carbonyl (C=O) groups excluding carboxylic acids is 1. The largest absolute Gasteiger partial charge is 0.347 e. The Morgan fingerprint density at radius 2 is 2.16 bits per heavy atom. The molecule has 2 aromatic rings. The molecule has 0 bridgehead atoms. The number of ketones is 1. The van der Waals surface area contributed by atoms with E-state index in [1.54, 1.807) is 11.3 Å². The summed E-state index contributed by atoms with van der Waals surface area (Å²) in [6, 6.07) is 1.88. The number of rotatable bonds is 4. The normalized spacial score (nSPS) is 11.8. The molecule has 0 aromatic carbocycles. The molecule has 0 aliphatic carbocycles. The fourth-order valence-corrected chi connectivity index (χ4v) is 2.82. The highest BCUT2D eigenvalue weighted by molar-refractivity contribution is 7.09. The highest BCUT2D eigenvalue weighted by atomic mass is 32.1. The van der Waals surface area contributed by atoms with Crippen LogP contribution in [-0.4, -0.2) is 15.3 Å². The lowest BCUT2D eigenvalue weighted by molar-refractivity contribution is 0.0988. The molecule has 0 unspecified atom stereocenters. The molecule has 3 nitrogen and oxygen atoms in total. The summed E-state index contributed by atoms with van der Waals surface area (Å²) in [6.07, 6.45) is 4.40. The van der Waals surface area contributed by atoms with Crippen molar-refractivity contribution in [2.75, 3.05) is 0 Å². The Morgan fingerprint density at radius 1 is 1.42 bits per heavy atom. The van der Waals surface area contributed by atoms with Crippen molar-refractivity contribution in [3.05, 3.63) is 40.1 Å². The molecule has 4 heteroatoms. The maximum Gasteiger partial charge on any atom is 0.164 e. The first-order valence-electron chi connectivity index (χ1n) is 6.54. The summed E-state index contributed by atoms with van der Waals surface area (Å²) >= 11 is 1.68. The Hall–Kier alpha value is -1.42. The van der Waals surface area contributed by atoms with E-state index in [-0.39, 0.29) is 11.2 Å². The number of thiazole rings is 1. The Bertz CT molecular complexity index is 575. The summed E-state index contributed by atoms with van der Waals surface area (Å²) in [5, 5.41) is 3.20. The van der Waals surface area contributed by atoms with Gasteiger partial charge in [0.05, 0.1) is 12.2 Å². The van der Waals surface area contributed by atoms with E-state index in [0.717, 1.165) is 22.8 Å². The van der Waals surface area contributed by atoms with Gasteiger partial charge < -0.3 is 4.57 Å². The minimum absolute atomic E-state index is 0.0920. The molecule has 0 aliphatic heterocycles. The summed E-state index contributed by atoms with van der Waals surface area (Å²) in [7, 11) is 0. The van der Waals surface area contributed by atoms with E-state index in [2.05, 4.69) is 31.1 Å². The van der Waals surface area contributed by atoms with Crippen LogP contribution >= 0.6 is 11.3 Å². The SMILES string of the molecule is CCC(=O)c1ccn(Cc2nc(C(C)(C)C)cs2)c1. The Labute approximate surface area is 118 Å². The van der Waals surface area contributed by atoms with Crippen LogP contribution in [0, 0.1) is 0 Å². The van der Waals surface area contributed by atoms with E-state index in [9.17, 15) is 4.79 Å². The van der Waals surface area contributed by atoms with Crippen LogP contribution in [0.3, 0.4) is 0 Å². The van der Waals surface area contributed by atoms with Crippen LogP contribution in [0.2, 0.25) is 0 Å². The third-order valence-corrected chi connectivity index (χ3v) is 3.87. The topological polar surface area (TPSA) is 34.9 Å². The fourth-order valence-electron chi connectivity index (χ4n) is 1.79. The van der Waals surface area contributed by atoms with Gasteiger partial charge >= 0.3 is 0 Å². The molecule has 0 N–H and O–H groups in total. The van der Waals surface area contributed by atoms with Gasteiger partial charge in [0.15, 0.2) is 5.78 Å². The molecule has 2 aromatic heterocycles. The standard InChI is InChI=1S/C15H20N2OS/c1-5-12(18)11-6-7-17(8-11)9-14-16-13(10-19-14)15(2,3)4/h6-8,10H,5,9H2,1-4H3. The van der Waals surface area contributed by atoms with E-state index in [4.69, 9.17) is 0 Å². The Morgan fingerprint density at radius 3 is 2.74 bits per heavy atom. The summed E-state index contributed by atoms with van der Waals surface area (Å²) < 4.78 is 2.02. The van der Waals surface area contributed by atoms with Crippen LogP contribution in [0.1, 0.15) is 55.2 Å². The van der Waals surface area contributed by atoms with Gasteiger partial charge in [-0.15, -0.1) is 11.3 Å². The Kier molecular flexibility index (Phi) is 3.90.